The largest absolute Gasteiger partial charge is 0.395 e. The zero-order chi connectivity index (χ0) is 24.5. The summed E-state index contributed by atoms with van der Waals surface area (Å²) in [6.45, 7) is 4.97. The number of hydrogen-bond donors (Lipinski definition) is 3. The highest BCUT2D eigenvalue weighted by Crippen LogP contribution is 2.30. The molecule has 3 rings (SSSR count). The number of halogens is 1. The van der Waals surface area contributed by atoms with Crippen LogP contribution in [-0.4, -0.2) is 88.4 Å². The van der Waals surface area contributed by atoms with Crippen molar-refractivity contribution in [3.8, 4) is 0 Å². The van der Waals surface area contributed by atoms with Crippen LogP contribution < -0.4 is 10.2 Å². The molecule has 1 saturated carbocycles. The normalized spacial score (nSPS) is 18.2. The van der Waals surface area contributed by atoms with Gasteiger partial charge in [0.25, 0.3) is 0 Å². The van der Waals surface area contributed by atoms with E-state index in [-0.39, 0.29) is 37.1 Å². The minimum atomic E-state index is -0.576. The van der Waals surface area contributed by atoms with E-state index in [9.17, 15) is 14.8 Å². The first-order chi connectivity index (χ1) is 16.4. The van der Waals surface area contributed by atoms with Gasteiger partial charge in [0.1, 0.15) is 11.5 Å². The van der Waals surface area contributed by atoms with E-state index >= 15 is 4.39 Å². The van der Waals surface area contributed by atoms with Gasteiger partial charge < -0.3 is 15.3 Å². The number of β-amino-alcohol motifs (C(OH)–C–C–N with tert-alkyl or cyclic N) is 1. The highest BCUT2D eigenvalue weighted by atomic mass is 19.1. The lowest BCUT2D eigenvalue weighted by atomic mass is 9.92. The number of carbonyl (C=O) groups excluding carboxylic acids is 2. The molecule has 1 aromatic rings. The molecule has 10 nitrogen and oxygen atoms in total. The number of aliphatic hydroxyl groups excluding tert-OH is 1. The van der Waals surface area contributed by atoms with E-state index in [4.69, 9.17) is 5.11 Å². The van der Waals surface area contributed by atoms with Crippen LogP contribution in [0.5, 0.6) is 0 Å². The molecule has 0 unspecified atom stereocenters. The molecule has 1 aromatic heterocycles. The maximum Gasteiger partial charge on any atom is 0.233 e. The van der Waals surface area contributed by atoms with Crippen molar-refractivity contribution < 1.29 is 24.3 Å². The second-order valence-corrected chi connectivity index (χ2v) is 9.16. The van der Waals surface area contributed by atoms with Gasteiger partial charge in [0.15, 0.2) is 11.6 Å². The van der Waals surface area contributed by atoms with E-state index in [2.05, 4.69) is 20.2 Å². The maximum absolute atomic E-state index is 15.4. The number of hydroxylamine groups is 2. The molecule has 0 radical (unpaired) electrons. The summed E-state index contributed by atoms with van der Waals surface area (Å²) >= 11 is 0. The van der Waals surface area contributed by atoms with E-state index in [1.54, 1.807) is 0 Å². The maximum atomic E-state index is 15.4. The molecule has 1 aliphatic heterocycles. The molecule has 2 heterocycles. The Labute approximate surface area is 200 Å². The summed E-state index contributed by atoms with van der Waals surface area (Å²) in [5.74, 6) is -0.323. The summed E-state index contributed by atoms with van der Waals surface area (Å²) in [5.41, 5.74) is 0.129. The fraction of sp³-hybridized carbons (Fsp3) is 0.739. The van der Waals surface area contributed by atoms with Crippen molar-refractivity contribution in [1.29, 1.82) is 0 Å². The molecule has 190 valence electrons. The number of nitrogens with zero attached hydrogens (tertiary/aromatic N) is 5. The predicted molar refractivity (Wildman–Crippen MR) is 124 cm³/mol. The van der Waals surface area contributed by atoms with Gasteiger partial charge in [0.2, 0.25) is 12.3 Å². The van der Waals surface area contributed by atoms with Crippen LogP contribution in [0.1, 0.15) is 50.5 Å². The molecule has 0 spiro atoms. The number of carbonyl (C=O) groups is 2. The molecule has 3 N–H and O–H groups in total. The zero-order valence-corrected chi connectivity index (χ0v) is 20.0. The molecular weight excluding hydrogens is 443 g/mol. The van der Waals surface area contributed by atoms with Crippen LogP contribution >= 0.6 is 0 Å². The Morgan fingerprint density at radius 1 is 1.26 bits per heavy atom. The average Bonchev–Trinajstić information content (AvgIpc) is 3.36. The monoisotopic (exact) mass is 480 g/mol. The minimum absolute atomic E-state index is 0.0916. The Morgan fingerprint density at radius 2 is 1.97 bits per heavy atom. The highest BCUT2D eigenvalue weighted by molar-refractivity contribution is 5.79. The first-order valence-electron chi connectivity index (χ1n) is 12.3. The topological polar surface area (TPSA) is 122 Å². The van der Waals surface area contributed by atoms with Gasteiger partial charge in [-0.2, -0.15) is 0 Å². The van der Waals surface area contributed by atoms with E-state index in [1.807, 2.05) is 11.8 Å². The van der Waals surface area contributed by atoms with Crippen LogP contribution in [0.15, 0.2) is 0 Å². The lowest BCUT2D eigenvalue weighted by Gasteiger charge is -2.35. The lowest BCUT2D eigenvalue weighted by molar-refractivity contribution is -0.155. The number of anilines is 1. The van der Waals surface area contributed by atoms with Crippen molar-refractivity contribution in [1.82, 2.24) is 25.2 Å². The van der Waals surface area contributed by atoms with Gasteiger partial charge in [-0.15, -0.1) is 0 Å². The molecule has 2 fully saturated rings. The van der Waals surface area contributed by atoms with Crippen LogP contribution in [0.4, 0.5) is 10.2 Å². The van der Waals surface area contributed by atoms with Gasteiger partial charge in [0.05, 0.1) is 25.6 Å². The predicted octanol–water partition coefficient (Wildman–Crippen LogP) is 0.953. The van der Waals surface area contributed by atoms with Crippen LogP contribution in [0.25, 0.3) is 0 Å². The fourth-order valence-electron chi connectivity index (χ4n) is 4.84. The number of hydrogen-bond acceptors (Lipinski definition) is 8. The van der Waals surface area contributed by atoms with Gasteiger partial charge in [-0.25, -0.2) is 19.4 Å². The summed E-state index contributed by atoms with van der Waals surface area (Å²) in [6.07, 6.45) is 5.71. The quantitative estimate of drug-likeness (QED) is 0.230. The summed E-state index contributed by atoms with van der Waals surface area (Å²) in [6, 6.07) is 0. The van der Waals surface area contributed by atoms with Crippen LogP contribution in [-0.2, 0) is 22.6 Å². The average molecular weight is 481 g/mol. The second kappa shape index (κ2) is 12.9. The number of piperazine rings is 1. The van der Waals surface area contributed by atoms with Gasteiger partial charge >= 0.3 is 0 Å². The molecule has 2 aliphatic rings. The van der Waals surface area contributed by atoms with Gasteiger partial charge in [-0.05, 0) is 12.3 Å². The molecule has 0 bridgehead atoms. The Balaban J connectivity index is 1.69. The molecule has 2 amide bonds. The Morgan fingerprint density at radius 3 is 2.59 bits per heavy atom. The van der Waals surface area contributed by atoms with E-state index in [1.165, 1.54) is 0 Å². The molecule has 0 aromatic carbocycles. The third-order valence-corrected chi connectivity index (χ3v) is 6.78. The number of aryl methyl sites for hydroxylation is 1. The van der Waals surface area contributed by atoms with E-state index in [0.717, 1.165) is 25.7 Å². The molecule has 1 aliphatic carbocycles. The second-order valence-electron chi connectivity index (χ2n) is 9.16. The smallest absolute Gasteiger partial charge is 0.233 e. The SMILES string of the molecule is CCc1nc(CNC(=O)[C@H](CC2CCCC2)CN(O)C=O)c(F)c(N2CCN(CCO)CC2)n1. The standard InChI is InChI=1S/C23H37FN6O4/c1-2-20-26-19(21(24)22(27-20)29-9-7-28(8-10-29)11-12-31)14-25-23(33)18(15-30(34)16-32)13-17-5-3-4-6-17/h16-18,31,34H,2-15H2,1H3,(H,25,33)/t18-/m1/s1. The lowest BCUT2D eigenvalue weighted by Crippen LogP contribution is -2.48. The zero-order valence-electron chi connectivity index (χ0n) is 20.0. The summed E-state index contributed by atoms with van der Waals surface area (Å²) in [5, 5.41) is 22.1. The van der Waals surface area contributed by atoms with Crippen molar-refractivity contribution in [2.24, 2.45) is 11.8 Å². The minimum Gasteiger partial charge on any atom is -0.395 e. The first kappa shape index (κ1) is 26.2. The van der Waals surface area contributed by atoms with Gasteiger partial charge in [-0.1, -0.05) is 32.6 Å². The van der Waals surface area contributed by atoms with Crippen LogP contribution in [0, 0.1) is 17.7 Å². The first-order valence-corrected chi connectivity index (χ1v) is 12.3. The molecule has 1 saturated heterocycles. The van der Waals surface area contributed by atoms with Gasteiger partial charge in [0, 0.05) is 39.1 Å². The van der Waals surface area contributed by atoms with Crippen LogP contribution in [0.3, 0.4) is 0 Å². The summed E-state index contributed by atoms with van der Waals surface area (Å²) in [7, 11) is 0. The number of rotatable bonds is 12. The van der Waals surface area contributed by atoms with Gasteiger partial charge in [-0.3, -0.25) is 19.7 Å². The van der Waals surface area contributed by atoms with Crippen LogP contribution in [0.2, 0.25) is 0 Å². The Hall–Kier alpha value is -2.37. The van der Waals surface area contributed by atoms with Crippen molar-refractivity contribution in [3.63, 3.8) is 0 Å². The Kier molecular flexibility index (Phi) is 9.97. The van der Waals surface area contributed by atoms with Crippen molar-refractivity contribution in [3.05, 3.63) is 17.3 Å². The summed E-state index contributed by atoms with van der Waals surface area (Å²) < 4.78 is 15.4. The molecule has 1 atom stereocenters. The third-order valence-electron chi connectivity index (χ3n) is 6.78. The van der Waals surface area contributed by atoms with E-state index in [0.29, 0.717) is 68.8 Å². The number of aromatic nitrogens is 2. The van der Waals surface area contributed by atoms with E-state index < -0.39 is 11.7 Å². The number of amides is 2. The third kappa shape index (κ3) is 7.07. The molecular formula is C23H37FN6O4. The number of aliphatic hydroxyl groups is 1. The number of nitrogens with one attached hydrogen (secondary N) is 1. The Bertz CT molecular complexity index is 815. The molecule has 11 heteroatoms. The van der Waals surface area contributed by atoms with Crippen molar-refractivity contribution >= 4 is 18.1 Å². The van der Waals surface area contributed by atoms with Crippen molar-refractivity contribution in [2.45, 2.75) is 52.0 Å². The summed E-state index contributed by atoms with van der Waals surface area (Å²) in [4.78, 5) is 36.6. The highest BCUT2D eigenvalue weighted by Gasteiger charge is 2.28. The fourth-order valence-corrected chi connectivity index (χ4v) is 4.84. The van der Waals surface area contributed by atoms with Crippen molar-refractivity contribution in [2.75, 3.05) is 50.8 Å². The molecule has 34 heavy (non-hydrogen) atoms.